The van der Waals surface area contributed by atoms with Crippen LogP contribution in [0.2, 0.25) is 0 Å². The van der Waals surface area contributed by atoms with Gasteiger partial charge in [0.2, 0.25) is 0 Å². The third-order valence-electron chi connectivity index (χ3n) is 3.34. The number of hydrogen-bond acceptors (Lipinski definition) is 5. The maximum absolute atomic E-state index is 12.2. The first kappa shape index (κ1) is 18.0. The Labute approximate surface area is 148 Å². The lowest BCUT2D eigenvalue weighted by Crippen LogP contribution is -2.34. The van der Waals surface area contributed by atoms with Crippen LogP contribution < -0.4 is 16.4 Å². The van der Waals surface area contributed by atoms with E-state index >= 15 is 0 Å². The SMILES string of the molecule is Cc1ccc(C(=O)NC(=S)Nc2ccccc2C(N)=O)cc1[N+](=O)[O-]. The summed E-state index contributed by atoms with van der Waals surface area (Å²) in [6, 6.07) is 10.5. The van der Waals surface area contributed by atoms with Crippen molar-refractivity contribution in [2.24, 2.45) is 5.73 Å². The molecular formula is C16H14N4O4S. The van der Waals surface area contributed by atoms with E-state index in [1.54, 1.807) is 25.1 Å². The van der Waals surface area contributed by atoms with E-state index < -0.39 is 16.7 Å². The number of nitrogens with zero attached hydrogens (tertiary/aromatic N) is 1. The zero-order valence-electron chi connectivity index (χ0n) is 13.1. The third kappa shape index (κ3) is 4.36. The van der Waals surface area contributed by atoms with Crippen LogP contribution in [0.5, 0.6) is 0 Å². The molecule has 0 fully saturated rings. The van der Waals surface area contributed by atoms with Crippen molar-refractivity contribution in [1.82, 2.24) is 5.32 Å². The van der Waals surface area contributed by atoms with E-state index in [-0.39, 0.29) is 21.9 Å². The van der Waals surface area contributed by atoms with Gasteiger partial charge in [-0.1, -0.05) is 18.2 Å². The topological polar surface area (TPSA) is 127 Å². The van der Waals surface area contributed by atoms with Gasteiger partial charge in [0.25, 0.3) is 17.5 Å². The van der Waals surface area contributed by atoms with E-state index in [0.717, 1.165) is 0 Å². The number of benzene rings is 2. The molecule has 25 heavy (non-hydrogen) atoms. The maximum atomic E-state index is 12.2. The van der Waals surface area contributed by atoms with E-state index in [1.165, 1.54) is 24.3 Å². The number of nitro benzene ring substituents is 1. The van der Waals surface area contributed by atoms with Crippen molar-refractivity contribution in [2.45, 2.75) is 6.92 Å². The van der Waals surface area contributed by atoms with Gasteiger partial charge in [0.15, 0.2) is 5.11 Å². The van der Waals surface area contributed by atoms with Crippen molar-refractivity contribution in [2.75, 3.05) is 5.32 Å². The molecule has 0 bridgehead atoms. The minimum absolute atomic E-state index is 0.0677. The number of aryl methyl sites for hydroxylation is 1. The zero-order chi connectivity index (χ0) is 18.6. The van der Waals surface area contributed by atoms with Crippen LogP contribution in [0.15, 0.2) is 42.5 Å². The summed E-state index contributed by atoms with van der Waals surface area (Å²) in [5.41, 5.74) is 6.19. The van der Waals surface area contributed by atoms with Crippen LogP contribution in [0.3, 0.4) is 0 Å². The normalized spacial score (nSPS) is 9.96. The predicted molar refractivity (Wildman–Crippen MR) is 96.5 cm³/mol. The van der Waals surface area contributed by atoms with Gasteiger partial charge in [0, 0.05) is 17.2 Å². The Morgan fingerprint density at radius 2 is 1.88 bits per heavy atom. The molecule has 2 aromatic rings. The first-order chi connectivity index (χ1) is 11.8. The Bertz CT molecular complexity index is 882. The highest BCUT2D eigenvalue weighted by Gasteiger charge is 2.16. The molecule has 0 aromatic heterocycles. The van der Waals surface area contributed by atoms with Gasteiger partial charge in [-0.15, -0.1) is 0 Å². The van der Waals surface area contributed by atoms with Gasteiger partial charge >= 0.3 is 0 Å². The van der Waals surface area contributed by atoms with Crippen molar-refractivity contribution in [3.8, 4) is 0 Å². The van der Waals surface area contributed by atoms with Gasteiger partial charge in [-0.2, -0.15) is 0 Å². The van der Waals surface area contributed by atoms with Crippen LogP contribution in [-0.4, -0.2) is 21.9 Å². The number of rotatable bonds is 4. The summed E-state index contributed by atoms with van der Waals surface area (Å²) in [6.07, 6.45) is 0. The molecule has 0 atom stereocenters. The zero-order valence-corrected chi connectivity index (χ0v) is 13.9. The van der Waals surface area contributed by atoms with Gasteiger partial charge in [-0.3, -0.25) is 25.0 Å². The lowest BCUT2D eigenvalue weighted by molar-refractivity contribution is -0.385. The van der Waals surface area contributed by atoms with Gasteiger partial charge in [0.05, 0.1) is 16.2 Å². The summed E-state index contributed by atoms with van der Waals surface area (Å²) in [5, 5.41) is 16.0. The molecule has 0 saturated carbocycles. The average Bonchev–Trinajstić information content (AvgIpc) is 2.55. The number of para-hydroxylation sites is 1. The molecule has 0 saturated heterocycles. The Balaban J connectivity index is 2.14. The molecule has 0 spiro atoms. The quantitative estimate of drug-likeness (QED) is 0.436. The number of nitrogens with two attached hydrogens (primary N) is 1. The van der Waals surface area contributed by atoms with Gasteiger partial charge < -0.3 is 11.1 Å². The number of primary amides is 1. The number of amides is 2. The summed E-state index contributed by atoms with van der Waals surface area (Å²) in [4.78, 5) is 34.0. The van der Waals surface area contributed by atoms with E-state index in [9.17, 15) is 19.7 Å². The second-order valence-electron chi connectivity index (χ2n) is 5.08. The minimum atomic E-state index is -0.647. The molecule has 0 aliphatic heterocycles. The third-order valence-corrected chi connectivity index (χ3v) is 3.54. The first-order valence-corrected chi connectivity index (χ1v) is 7.46. The molecule has 4 N–H and O–H groups in total. The summed E-state index contributed by atoms with van der Waals surface area (Å²) < 4.78 is 0. The number of nitro groups is 1. The number of anilines is 1. The van der Waals surface area contributed by atoms with Crippen molar-refractivity contribution in [3.63, 3.8) is 0 Å². The maximum Gasteiger partial charge on any atom is 0.273 e. The van der Waals surface area contributed by atoms with Crippen LogP contribution in [0.25, 0.3) is 0 Å². The predicted octanol–water partition coefficient (Wildman–Crippen LogP) is 2.13. The number of carbonyl (C=O) groups is 2. The molecule has 0 aliphatic carbocycles. The molecule has 9 heteroatoms. The van der Waals surface area contributed by atoms with E-state index in [2.05, 4.69) is 10.6 Å². The van der Waals surface area contributed by atoms with Gasteiger partial charge in [0.1, 0.15) is 0 Å². The highest BCUT2D eigenvalue weighted by atomic mass is 32.1. The summed E-state index contributed by atoms with van der Waals surface area (Å²) in [6.45, 7) is 1.58. The molecule has 128 valence electrons. The van der Waals surface area contributed by atoms with Crippen molar-refractivity contribution >= 4 is 40.5 Å². The summed E-state index contributed by atoms with van der Waals surface area (Å²) >= 11 is 5.04. The smallest absolute Gasteiger partial charge is 0.273 e. The fraction of sp³-hybridized carbons (Fsp3) is 0.0625. The second kappa shape index (κ2) is 7.49. The first-order valence-electron chi connectivity index (χ1n) is 7.06. The molecule has 0 unspecified atom stereocenters. The number of hydrogen-bond donors (Lipinski definition) is 3. The molecule has 2 rings (SSSR count). The van der Waals surface area contributed by atoms with Crippen molar-refractivity contribution in [1.29, 1.82) is 0 Å². The summed E-state index contributed by atoms with van der Waals surface area (Å²) in [7, 11) is 0. The van der Waals surface area contributed by atoms with Crippen LogP contribution in [0.1, 0.15) is 26.3 Å². The van der Waals surface area contributed by atoms with Crippen LogP contribution in [0, 0.1) is 17.0 Å². The fourth-order valence-electron chi connectivity index (χ4n) is 2.08. The average molecular weight is 358 g/mol. The van der Waals surface area contributed by atoms with Crippen LogP contribution in [-0.2, 0) is 0 Å². The monoisotopic (exact) mass is 358 g/mol. The molecule has 2 amide bonds. The molecule has 8 nitrogen and oxygen atoms in total. The van der Waals surface area contributed by atoms with Crippen LogP contribution in [0.4, 0.5) is 11.4 Å². The van der Waals surface area contributed by atoms with Gasteiger partial charge in [-0.25, -0.2) is 0 Å². The van der Waals surface area contributed by atoms with E-state index in [0.29, 0.717) is 11.3 Å². The van der Waals surface area contributed by atoms with Crippen molar-refractivity contribution in [3.05, 3.63) is 69.3 Å². The van der Waals surface area contributed by atoms with Gasteiger partial charge in [-0.05, 0) is 37.3 Å². The minimum Gasteiger partial charge on any atom is -0.366 e. The lowest BCUT2D eigenvalue weighted by atomic mass is 10.1. The fourth-order valence-corrected chi connectivity index (χ4v) is 2.29. The standard InChI is InChI=1S/C16H14N4O4S/c1-9-6-7-10(8-13(9)20(23)24)15(22)19-16(25)18-12-5-3-2-4-11(12)14(17)21/h2-8H,1H3,(H2,17,21)(H2,18,19,22,25). The van der Waals surface area contributed by atoms with Crippen LogP contribution >= 0.6 is 12.2 Å². The second-order valence-corrected chi connectivity index (χ2v) is 5.48. The van der Waals surface area contributed by atoms with E-state index in [4.69, 9.17) is 18.0 Å². The Morgan fingerprint density at radius 3 is 2.52 bits per heavy atom. The molecule has 0 radical (unpaired) electrons. The number of carbonyl (C=O) groups excluding carboxylic acids is 2. The summed E-state index contributed by atoms with van der Waals surface area (Å²) in [5.74, 6) is -1.26. The molecule has 2 aromatic carbocycles. The number of thiocarbonyl (C=S) groups is 1. The molecule has 0 heterocycles. The number of nitrogens with one attached hydrogen (secondary N) is 2. The lowest BCUT2D eigenvalue weighted by Gasteiger charge is -2.12. The molecule has 0 aliphatic rings. The Kier molecular flexibility index (Phi) is 5.40. The van der Waals surface area contributed by atoms with E-state index in [1.807, 2.05) is 0 Å². The highest BCUT2D eigenvalue weighted by Crippen LogP contribution is 2.19. The largest absolute Gasteiger partial charge is 0.366 e. The Hall–Kier alpha value is -3.33. The Morgan fingerprint density at radius 1 is 1.20 bits per heavy atom. The van der Waals surface area contributed by atoms with Crippen molar-refractivity contribution < 1.29 is 14.5 Å². The highest BCUT2D eigenvalue weighted by molar-refractivity contribution is 7.80. The molecular weight excluding hydrogens is 344 g/mol.